The lowest BCUT2D eigenvalue weighted by molar-refractivity contribution is -0.143. The van der Waals surface area contributed by atoms with E-state index in [1.165, 1.54) is 83.8 Å². The van der Waals surface area contributed by atoms with Crippen LogP contribution in [0.4, 0.5) is 0 Å². The molecule has 0 heterocycles. The van der Waals surface area contributed by atoms with Crippen LogP contribution in [0.25, 0.3) is 0 Å². The zero-order valence-corrected chi connectivity index (χ0v) is 19.5. The molecule has 0 aromatic rings. The van der Waals surface area contributed by atoms with Gasteiger partial charge in [0.05, 0.1) is 33.2 Å². The summed E-state index contributed by atoms with van der Waals surface area (Å²) in [7, 11) is 2.68. The second kappa shape index (κ2) is 20.3. The highest BCUT2D eigenvalue weighted by Gasteiger charge is 2.21. The van der Waals surface area contributed by atoms with Crippen molar-refractivity contribution in [3.05, 3.63) is 12.2 Å². The molecule has 0 amide bonds. The van der Waals surface area contributed by atoms with Gasteiger partial charge in [0.15, 0.2) is 0 Å². The van der Waals surface area contributed by atoms with Crippen molar-refractivity contribution in [1.82, 2.24) is 0 Å². The van der Waals surface area contributed by atoms with Crippen molar-refractivity contribution in [2.75, 3.05) is 20.0 Å². The predicted molar refractivity (Wildman–Crippen MR) is 121 cm³/mol. The molecule has 0 saturated carbocycles. The van der Waals surface area contributed by atoms with Crippen LogP contribution in [-0.2, 0) is 19.1 Å². The van der Waals surface area contributed by atoms with Gasteiger partial charge in [-0.3, -0.25) is 9.59 Å². The first kappa shape index (κ1) is 28.0. The van der Waals surface area contributed by atoms with Gasteiger partial charge in [0, 0.05) is 11.0 Å². The molecule has 0 saturated heterocycles. The average Bonchev–Trinajstić information content (AvgIpc) is 2.72. The topological polar surface area (TPSA) is 72.8 Å². The number of hydrogen-bond acceptors (Lipinski definition) is 6. The largest absolute Gasteiger partial charge is 0.469 e. The number of carbonyl (C=O) groups is 2. The van der Waals surface area contributed by atoms with Crippen LogP contribution < -0.4 is 0 Å². The summed E-state index contributed by atoms with van der Waals surface area (Å²) in [5, 5.41) is 10.1. The SMILES string of the molecule is CCCCCCCCCCCC/C=C\C(SCCC(=O)OC)C(O)CC(=O)OC. The van der Waals surface area contributed by atoms with E-state index < -0.39 is 12.1 Å². The van der Waals surface area contributed by atoms with Crippen molar-refractivity contribution in [1.29, 1.82) is 0 Å². The zero-order valence-electron chi connectivity index (χ0n) is 18.7. The lowest BCUT2D eigenvalue weighted by Crippen LogP contribution is -2.25. The van der Waals surface area contributed by atoms with Crippen LogP contribution >= 0.6 is 11.8 Å². The van der Waals surface area contributed by atoms with Crippen LogP contribution in [-0.4, -0.2) is 48.4 Å². The van der Waals surface area contributed by atoms with Crippen LogP contribution in [0.15, 0.2) is 12.2 Å². The second-order valence-electron chi connectivity index (χ2n) is 7.41. The van der Waals surface area contributed by atoms with E-state index in [4.69, 9.17) is 0 Å². The molecule has 29 heavy (non-hydrogen) atoms. The van der Waals surface area contributed by atoms with Gasteiger partial charge >= 0.3 is 11.9 Å². The van der Waals surface area contributed by atoms with Gasteiger partial charge in [-0.25, -0.2) is 0 Å². The smallest absolute Gasteiger partial charge is 0.308 e. The van der Waals surface area contributed by atoms with Gasteiger partial charge in [-0.05, 0) is 12.8 Å². The highest BCUT2D eigenvalue weighted by molar-refractivity contribution is 8.00. The molecule has 2 unspecified atom stereocenters. The van der Waals surface area contributed by atoms with Crippen molar-refractivity contribution in [3.8, 4) is 0 Å². The zero-order chi connectivity index (χ0) is 21.7. The molecule has 0 fully saturated rings. The molecule has 2 atom stereocenters. The molecule has 0 spiro atoms. The number of aliphatic hydroxyl groups is 1. The number of thioether (sulfide) groups is 1. The number of ether oxygens (including phenoxy) is 2. The van der Waals surface area contributed by atoms with Crippen LogP contribution in [0.1, 0.15) is 90.4 Å². The summed E-state index contributed by atoms with van der Waals surface area (Å²) >= 11 is 1.46. The summed E-state index contributed by atoms with van der Waals surface area (Å²) in [6.45, 7) is 2.25. The monoisotopic (exact) mass is 430 g/mol. The van der Waals surface area contributed by atoms with E-state index in [-0.39, 0.29) is 24.1 Å². The third-order valence-corrected chi connectivity index (χ3v) is 6.17. The van der Waals surface area contributed by atoms with Gasteiger partial charge in [-0.1, -0.05) is 76.9 Å². The number of allylic oxidation sites excluding steroid dienone is 1. The molecular weight excluding hydrogens is 388 g/mol. The van der Waals surface area contributed by atoms with E-state index in [1.54, 1.807) is 0 Å². The lowest BCUT2D eigenvalue weighted by Gasteiger charge is -2.18. The maximum absolute atomic E-state index is 11.4. The standard InChI is InChI=1S/C23H42O5S/c1-4-5-6-7-8-9-10-11-12-13-14-15-16-21(20(24)19-23(26)28-3)29-18-17-22(25)27-2/h15-16,20-21,24H,4-14,17-19H2,1-3H3/b16-15-. The Morgan fingerprint density at radius 1 is 0.897 bits per heavy atom. The molecule has 5 nitrogen and oxygen atoms in total. The van der Waals surface area contributed by atoms with E-state index in [1.807, 2.05) is 6.08 Å². The molecule has 0 aliphatic carbocycles. The fourth-order valence-corrected chi connectivity index (χ4v) is 4.12. The first-order chi connectivity index (χ1) is 14.0. The Kier molecular flexibility index (Phi) is 19.6. The van der Waals surface area contributed by atoms with Gasteiger partial charge in [0.25, 0.3) is 0 Å². The van der Waals surface area contributed by atoms with Crippen molar-refractivity contribution >= 4 is 23.7 Å². The van der Waals surface area contributed by atoms with Gasteiger partial charge < -0.3 is 14.6 Å². The Labute approximate surface area is 182 Å². The molecule has 0 radical (unpaired) electrons. The van der Waals surface area contributed by atoms with E-state index in [2.05, 4.69) is 22.5 Å². The summed E-state index contributed by atoms with van der Waals surface area (Å²) in [6, 6.07) is 0. The van der Waals surface area contributed by atoms with Crippen LogP contribution in [0, 0.1) is 0 Å². The molecule has 1 N–H and O–H groups in total. The van der Waals surface area contributed by atoms with Gasteiger partial charge in [-0.2, -0.15) is 11.8 Å². The number of methoxy groups -OCH3 is 2. The Hall–Kier alpha value is -1.01. The Morgan fingerprint density at radius 3 is 2.00 bits per heavy atom. The van der Waals surface area contributed by atoms with E-state index in [9.17, 15) is 14.7 Å². The normalized spacial score (nSPS) is 13.4. The van der Waals surface area contributed by atoms with Crippen molar-refractivity contribution in [2.45, 2.75) is 102 Å². The summed E-state index contributed by atoms with van der Waals surface area (Å²) in [5.74, 6) is -0.162. The van der Waals surface area contributed by atoms with E-state index >= 15 is 0 Å². The van der Waals surface area contributed by atoms with Crippen LogP contribution in [0.3, 0.4) is 0 Å². The third-order valence-electron chi connectivity index (χ3n) is 4.88. The van der Waals surface area contributed by atoms with Crippen molar-refractivity contribution in [2.24, 2.45) is 0 Å². The highest BCUT2D eigenvalue weighted by Crippen LogP contribution is 2.21. The number of carbonyl (C=O) groups excluding carboxylic acids is 2. The van der Waals surface area contributed by atoms with Crippen molar-refractivity contribution in [3.63, 3.8) is 0 Å². The number of esters is 2. The second-order valence-corrected chi connectivity index (χ2v) is 8.69. The fourth-order valence-electron chi connectivity index (χ4n) is 3.03. The Morgan fingerprint density at radius 2 is 1.45 bits per heavy atom. The Balaban J connectivity index is 4.06. The number of unbranched alkanes of at least 4 members (excludes halogenated alkanes) is 10. The molecule has 0 aliphatic rings. The number of hydrogen-bond donors (Lipinski definition) is 1. The maximum Gasteiger partial charge on any atom is 0.308 e. The predicted octanol–water partition coefficient (Wildman–Crippen LogP) is 5.44. The molecule has 0 rings (SSSR count). The van der Waals surface area contributed by atoms with E-state index in [0.717, 1.165) is 12.8 Å². The minimum Gasteiger partial charge on any atom is -0.469 e. The van der Waals surface area contributed by atoms with Crippen LogP contribution in [0.2, 0.25) is 0 Å². The molecule has 0 bridgehead atoms. The minimum atomic E-state index is -0.825. The van der Waals surface area contributed by atoms with Gasteiger partial charge in [0.2, 0.25) is 0 Å². The minimum absolute atomic E-state index is 0.0466. The first-order valence-electron chi connectivity index (χ1n) is 11.1. The molecule has 6 heteroatoms. The first-order valence-corrected chi connectivity index (χ1v) is 12.2. The molecule has 0 aliphatic heterocycles. The fraction of sp³-hybridized carbons (Fsp3) is 0.826. The number of rotatable bonds is 19. The molecule has 0 aromatic carbocycles. The average molecular weight is 431 g/mol. The van der Waals surface area contributed by atoms with Gasteiger partial charge in [-0.15, -0.1) is 0 Å². The highest BCUT2D eigenvalue weighted by atomic mass is 32.2. The third kappa shape index (κ3) is 17.6. The molecular formula is C23H42O5S. The van der Waals surface area contributed by atoms with Crippen molar-refractivity contribution < 1.29 is 24.2 Å². The van der Waals surface area contributed by atoms with Gasteiger partial charge in [0.1, 0.15) is 0 Å². The van der Waals surface area contributed by atoms with Crippen LogP contribution in [0.5, 0.6) is 0 Å². The summed E-state index contributed by atoms with van der Waals surface area (Å²) in [4.78, 5) is 22.7. The number of aliphatic hydroxyl groups excluding tert-OH is 1. The van der Waals surface area contributed by atoms with E-state index in [0.29, 0.717) is 5.75 Å². The summed E-state index contributed by atoms with van der Waals surface area (Å²) < 4.78 is 9.29. The summed E-state index contributed by atoms with van der Waals surface area (Å²) in [5.41, 5.74) is 0. The lowest BCUT2D eigenvalue weighted by atomic mass is 10.1. The maximum atomic E-state index is 11.4. The quantitative estimate of drug-likeness (QED) is 0.167. The summed E-state index contributed by atoms with van der Waals surface area (Å²) in [6.07, 6.45) is 17.5. The molecule has 0 aromatic heterocycles. The molecule has 170 valence electrons. The Bertz CT molecular complexity index is 439.